The van der Waals surface area contributed by atoms with Gasteiger partial charge in [0, 0.05) is 17.3 Å². The average Bonchev–Trinajstić information content (AvgIpc) is 3.10. The van der Waals surface area contributed by atoms with Crippen molar-refractivity contribution >= 4 is 51.5 Å². The number of aryl methyl sites for hydroxylation is 2. The molecule has 280 valence electrons. The van der Waals surface area contributed by atoms with E-state index in [0.29, 0.717) is 45.7 Å². The van der Waals surface area contributed by atoms with Crippen LogP contribution in [0.3, 0.4) is 0 Å². The lowest BCUT2D eigenvalue weighted by Crippen LogP contribution is -2.29. The molecule has 4 aromatic rings. The molecule has 0 saturated heterocycles. The molecule has 0 aromatic heterocycles. The minimum absolute atomic E-state index is 0.101. The van der Waals surface area contributed by atoms with E-state index < -0.39 is 43.9 Å². The molecule has 6 N–H and O–H groups in total. The summed E-state index contributed by atoms with van der Waals surface area (Å²) in [5, 5.41) is 17.2. The second-order valence-corrected chi connectivity index (χ2v) is 12.0. The number of carbonyl (C=O) groups excluding carboxylic acids is 2. The molecular weight excluding hydrogens is 761 g/mol. The summed E-state index contributed by atoms with van der Waals surface area (Å²) >= 11 is 3.29. The lowest BCUT2D eigenvalue weighted by atomic mass is 9.81. The van der Waals surface area contributed by atoms with Crippen molar-refractivity contribution in [2.75, 3.05) is 25.7 Å². The Kier molecular flexibility index (Phi) is 17.2. The number of ether oxygens (including phenoxy) is 2. The summed E-state index contributed by atoms with van der Waals surface area (Å²) in [6.07, 6.45) is -9.73. The molecule has 0 heterocycles. The number of alkyl halides is 6. The molecule has 0 bridgehead atoms. The summed E-state index contributed by atoms with van der Waals surface area (Å²) < 4.78 is 83.9. The minimum Gasteiger partial charge on any atom is -0.495 e. The Morgan fingerprint density at radius 3 is 1.54 bits per heavy atom. The molecule has 4 rings (SSSR count). The fourth-order valence-corrected chi connectivity index (χ4v) is 5.21. The molecule has 0 aliphatic rings. The second kappa shape index (κ2) is 20.5. The van der Waals surface area contributed by atoms with Crippen molar-refractivity contribution in [2.24, 2.45) is 0 Å². The van der Waals surface area contributed by atoms with Gasteiger partial charge in [-0.25, -0.2) is 0 Å². The highest BCUT2D eigenvalue weighted by atomic mass is 79.9. The Balaban J connectivity index is 0.000000296. The van der Waals surface area contributed by atoms with Gasteiger partial charge in [0.15, 0.2) is 0 Å². The molecule has 52 heavy (non-hydrogen) atoms. The Bertz CT molecular complexity index is 1740. The normalized spacial score (nSPS) is 11.0. The predicted molar refractivity (Wildman–Crippen MR) is 192 cm³/mol. The predicted octanol–water partition coefficient (Wildman–Crippen LogP) is 7.26. The number of nitrogens with two attached hydrogens (primary N) is 2. The molecule has 0 radical (unpaired) electrons. The van der Waals surface area contributed by atoms with Gasteiger partial charge in [0.05, 0.1) is 25.6 Å². The van der Waals surface area contributed by atoms with Crippen LogP contribution in [0.5, 0.6) is 11.5 Å². The molecule has 0 spiro atoms. The summed E-state index contributed by atoms with van der Waals surface area (Å²) in [6.45, 7) is 0. The number of Topliss-reactive ketones (excluding diaryl/α,β-unsaturated/α-hetero) is 2. The smallest absolute Gasteiger partial charge is 0.488 e. The first kappa shape index (κ1) is 43.6. The van der Waals surface area contributed by atoms with Crippen LogP contribution in [0, 0.1) is 0 Å². The summed E-state index contributed by atoms with van der Waals surface area (Å²) in [6, 6.07) is 24.8. The lowest BCUT2D eigenvalue weighted by Gasteiger charge is -2.14. The molecule has 8 nitrogen and oxygen atoms in total. The number of anilines is 2. The van der Waals surface area contributed by atoms with Crippen LogP contribution in [0.1, 0.15) is 36.8 Å². The molecule has 0 unspecified atom stereocenters. The van der Waals surface area contributed by atoms with Gasteiger partial charge < -0.3 is 31.0 Å². The standard InChI is InChI=1S/C18H18F3NO2.C12H13BrF3NO2.C6H7BO2/c1-24-16-11-14(12-6-3-2-4-7-12)13(10-15(16)22)8-5-9-17(23)18(19,20)21;1-19-10-6-8(13)7(5-9(10)17)3-2-4-11(18)12(14,15)16;8-7(9)6-4-2-1-3-5-6/h2-4,6-7,10-11H,5,8-9,22H2,1H3;5-6H,2-4,17H2,1H3;1-5,8-9H. The number of nitrogen functional groups attached to an aromatic ring is 2. The first-order valence-corrected chi connectivity index (χ1v) is 16.4. The van der Waals surface area contributed by atoms with Crippen molar-refractivity contribution < 1.29 is 55.5 Å². The maximum atomic E-state index is 12.3. The Morgan fingerprint density at radius 1 is 0.692 bits per heavy atom. The van der Waals surface area contributed by atoms with Gasteiger partial charge in [0.2, 0.25) is 11.6 Å². The van der Waals surface area contributed by atoms with E-state index in [1.807, 2.05) is 36.4 Å². The van der Waals surface area contributed by atoms with Crippen molar-refractivity contribution in [1.29, 1.82) is 0 Å². The van der Waals surface area contributed by atoms with Crippen LogP contribution >= 0.6 is 15.9 Å². The van der Waals surface area contributed by atoms with Crippen LogP contribution in [-0.2, 0) is 22.4 Å². The third-order valence-corrected chi connectivity index (χ3v) is 8.11. The highest BCUT2D eigenvalue weighted by Crippen LogP contribution is 2.34. The van der Waals surface area contributed by atoms with Gasteiger partial charge in [-0.15, -0.1) is 0 Å². The number of methoxy groups -OCH3 is 2. The van der Waals surface area contributed by atoms with Gasteiger partial charge in [0.1, 0.15) is 11.5 Å². The second-order valence-electron chi connectivity index (χ2n) is 11.1. The number of hydrogen-bond donors (Lipinski definition) is 4. The quantitative estimate of drug-likeness (QED) is 0.0667. The maximum Gasteiger partial charge on any atom is 0.488 e. The van der Waals surface area contributed by atoms with Crippen molar-refractivity contribution in [3.63, 3.8) is 0 Å². The summed E-state index contributed by atoms with van der Waals surface area (Å²) in [4.78, 5) is 21.7. The summed E-state index contributed by atoms with van der Waals surface area (Å²) in [5.74, 6) is -2.42. The average molecular weight is 799 g/mol. The highest BCUT2D eigenvalue weighted by molar-refractivity contribution is 9.10. The van der Waals surface area contributed by atoms with Gasteiger partial charge in [-0.1, -0.05) is 76.6 Å². The third-order valence-electron chi connectivity index (χ3n) is 7.37. The van der Waals surface area contributed by atoms with E-state index in [1.54, 1.807) is 48.5 Å². The number of carbonyl (C=O) groups is 2. The fraction of sp³-hybridized carbons (Fsp3) is 0.278. The topological polar surface area (TPSA) is 145 Å². The van der Waals surface area contributed by atoms with E-state index in [-0.39, 0.29) is 12.8 Å². The summed E-state index contributed by atoms with van der Waals surface area (Å²) in [7, 11) is 1.63. The number of ketones is 2. The van der Waals surface area contributed by atoms with Crippen molar-refractivity contribution in [3.8, 4) is 22.6 Å². The monoisotopic (exact) mass is 798 g/mol. The number of rotatable bonds is 12. The maximum absolute atomic E-state index is 12.3. The van der Waals surface area contributed by atoms with Gasteiger partial charge in [-0.2, -0.15) is 26.3 Å². The van der Waals surface area contributed by atoms with Gasteiger partial charge >= 0.3 is 19.5 Å². The Morgan fingerprint density at radius 2 is 1.12 bits per heavy atom. The first-order chi connectivity index (χ1) is 24.4. The molecule has 16 heteroatoms. The molecule has 4 aromatic carbocycles. The zero-order valence-corrected chi connectivity index (χ0v) is 29.8. The zero-order chi connectivity index (χ0) is 39.1. The molecule has 0 aliphatic heterocycles. The van der Waals surface area contributed by atoms with Gasteiger partial charge in [0.25, 0.3) is 0 Å². The SMILES string of the molecule is COc1cc(-c2ccccc2)c(CCCC(=O)C(F)(F)F)cc1N.COc1cc(Br)c(CCCC(=O)C(F)(F)F)cc1N.OB(O)c1ccccc1. The van der Waals surface area contributed by atoms with Crippen molar-refractivity contribution in [2.45, 2.75) is 50.9 Å². The van der Waals surface area contributed by atoms with Crippen LogP contribution in [0.25, 0.3) is 11.1 Å². The van der Waals surface area contributed by atoms with E-state index in [0.717, 1.165) is 22.3 Å². The van der Waals surface area contributed by atoms with Crippen LogP contribution in [-0.4, -0.2) is 55.3 Å². The number of benzene rings is 4. The van der Waals surface area contributed by atoms with Crippen molar-refractivity contribution in [1.82, 2.24) is 0 Å². The minimum atomic E-state index is -4.78. The Labute approximate surface area is 306 Å². The number of halogens is 7. The number of hydrogen-bond acceptors (Lipinski definition) is 8. The molecule has 0 aliphatic carbocycles. The molecule has 0 saturated carbocycles. The zero-order valence-electron chi connectivity index (χ0n) is 28.2. The van der Waals surface area contributed by atoms with Crippen LogP contribution < -0.4 is 26.4 Å². The molecule has 0 fully saturated rings. The largest absolute Gasteiger partial charge is 0.495 e. The van der Waals surface area contributed by atoms with Crippen LogP contribution in [0.2, 0.25) is 0 Å². The van der Waals surface area contributed by atoms with Crippen LogP contribution in [0.15, 0.2) is 89.4 Å². The molecular formula is C36H38BBrF6N2O6. The van der Waals surface area contributed by atoms with E-state index in [2.05, 4.69) is 15.9 Å². The van der Waals surface area contributed by atoms with Crippen LogP contribution in [0.4, 0.5) is 37.7 Å². The highest BCUT2D eigenvalue weighted by Gasteiger charge is 2.37. The summed E-state index contributed by atoms with van der Waals surface area (Å²) in [5.41, 5.74) is 16.2. The van der Waals surface area contributed by atoms with E-state index in [4.69, 9.17) is 31.0 Å². The first-order valence-electron chi connectivity index (χ1n) is 15.6. The fourth-order valence-electron chi connectivity index (χ4n) is 4.69. The molecule has 0 atom stereocenters. The van der Waals surface area contributed by atoms with E-state index in [9.17, 15) is 35.9 Å². The van der Waals surface area contributed by atoms with Gasteiger partial charge in [-0.05, 0) is 77.7 Å². The van der Waals surface area contributed by atoms with E-state index >= 15 is 0 Å². The van der Waals surface area contributed by atoms with E-state index in [1.165, 1.54) is 14.2 Å². The van der Waals surface area contributed by atoms with Crippen molar-refractivity contribution in [3.05, 3.63) is 101 Å². The Hall–Kier alpha value is -4.54. The molecule has 0 amide bonds. The lowest BCUT2D eigenvalue weighted by molar-refractivity contribution is -0.171. The van der Waals surface area contributed by atoms with Gasteiger partial charge in [-0.3, -0.25) is 9.59 Å². The third kappa shape index (κ3) is 14.2.